The highest BCUT2D eigenvalue weighted by atomic mass is 16.3. The van der Waals surface area contributed by atoms with E-state index < -0.39 is 0 Å². The van der Waals surface area contributed by atoms with Crippen LogP contribution in [-0.2, 0) is 13.6 Å². The van der Waals surface area contributed by atoms with Gasteiger partial charge in [0.1, 0.15) is 12.2 Å². The largest absolute Gasteiger partial charge is 0.394 e. The first-order valence-corrected chi connectivity index (χ1v) is 5.53. The van der Waals surface area contributed by atoms with E-state index in [4.69, 9.17) is 0 Å². The second kappa shape index (κ2) is 5.56. The Morgan fingerprint density at radius 2 is 2.12 bits per heavy atom. The molecule has 1 atom stereocenters. The molecule has 2 rings (SSSR count). The molecule has 0 fully saturated rings. The highest BCUT2D eigenvalue weighted by Crippen LogP contribution is 2.11. The molecular formula is C12H16N4O. The van der Waals surface area contributed by atoms with Crippen molar-refractivity contribution in [2.75, 3.05) is 6.61 Å². The lowest BCUT2D eigenvalue weighted by Crippen LogP contribution is -2.25. The van der Waals surface area contributed by atoms with Gasteiger partial charge in [-0.25, -0.2) is 4.98 Å². The van der Waals surface area contributed by atoms with E-state index in [-0.39, 0.29) is 12.6 Å². The van der Waals surface area contributed by atoms with Crippen molar-refractivity contribution in [3.63, 3.8) is 0 Å². The molecule has 1 aromatic heterocycles. The van der Waals surface area contributed by atoms with Gasteiger partial charge in [0.25, 0.3) is 0 Å². The molecule has 1 heterocycles. The molecule has 90 valence electrons. The molecule has 2 N–H and O–H groups in total. The summed E-state index contributed by atoms with van der Waals surface area (Å²) in [6.07, 6.45) is 1.52. The van der Waals surface area contributed by atoms with Crippen molar-refractivity contribution in [1.82, 2.24) is 20.1 Å². The maximum atomic E-state index is 9.37. The number of nitrogens with zero attached hydrogens (tertiary/aromatic N) is 3. The van der Waals surface area contributed by atoms with Crippen LogP contribution < -0.4 is 5.32 Å². The molecule has 0 saturated carbocycles. The molecule has 0 spiro atoms. The molecule has 17 heavy (non-hydrogen) atoms. The van der Waals surface area contributed by atoms with E-state index in [1.54, 1.807) is 4.68 Å². The number of aromatic nitrogens is 3. The maximum Gasteiger partial charge on any atom is 0.140 e. The highest BCUT2D eigenvalue weighted by Gasteiger charge is 2.10. The quantitative estimate of drug-likeness (QED) is 0.794. The van der Waals surface area contributed by atoms with Crippen molar-refractivity contribution in [2.24, 2.45) is 7.05 Å². The molecule has 0 saturated heterocycles. The molecule has 0 aliphatic heterocycles. The zero-order valence-electron chi connectivity index (χ0n) is 9.74. The van der Waals surface area contributed by atoms with Crippen LogP contribution in [0.15, 0.2) is 36.7 Å². The third-order valence-electron chi connectivity index (χ3n) is 2.70. The summed E-state index contributed by atoms with van der Waals surface area (Å²) in [6.45, 7) is 0.637. The van der Waals surface area contributed by atoms with Crippen LogP contribution in [0.3, 0.4) is 0 Å². The van der Waals surface area contributed by atoms with E-state index >= 15 is 0 Å². The monoisotopic (exact) mass is 232 g/mol. The normalized spacial score (nSPS) is 12.6. The third-order valence-corrected chi connectivity index (χ3v) is 2.70. The number of rotatable bonds is 5. The number of nitrogens with one attached hydrogen (secondary N) is 1. The van der Waals surface area contributed by atoms with Crippen LogP contribution >= 0.6 is 0 Å². The smallest absolute Gasteiger partial charge is 0.140 e. The average Bonchev–Trinajstić information content (AvgIpc) is 2.77. The highest BCUT2D eigenvalue weighted by molar-refractivity contribution is 5.18. The van der Waals surface area contributed by atoms with Crippen LogP contribution in [0.2, 0.25) is 0 Å². The minimum Gasteiger partial charge on any atom is -0.394 e. The molecular weight excluding hydrogens is 216 g/mol. The molecule has 2 aromatic rings. The van der Waals surface area contributed by atoms with Gasteiger partial charge < -0.3 is 10.4 Å². The van der Waals surface area contributed by atoms with Crippen molar-refractivity contribution in [3.8, 4) is 0 Å². The summed E-state index contributed by atoms with van der Waals surface area (Å²) in [4.78, 5) is 4.12. The number of aryl methyl sites for hydroxylation is 1. The van der Waals surface area contributed by atoms with Gasteiger partial charge in [-0.1, -0.05) is 30.3 Å². The van der Waals surface area contributed by atoms with Crippen LogP contribution in [0.25, 0.3) is 0 Å². The summed E-state index contributed by atoms with van der Waals surface area (Å²) in [5, 5.41) is 16.6. The molecule has 0 radical (unpaired) electrons. The zero-order chi connectivity index (χ0) is 12.1. The fourth-order valence-electron chi connectivity index (χ4n) is 1.67. The number of aliphatic hydroxyl groups is 1. The van der Waals surface area contributed by atoms with Gasteiger partial charge in [-0.05, 0) is 5.56 Å². The lowest BCUT2D eigenvalue weighted by Gasteiger charge is -2.16. The van der Waals surface area contributed by atoms with Crippen LogP contribution in [0.4, 0.5) is 0 Å². The van der Waals surface area contributed by atoms with E-state index in [1.165, 1.54) is 6.33 Å². The number of hydrogen-bond acceptors (Lipinski definition) is 4. The SMILES string of the molecule is Cn1ncnc1CNC(CO)c1ccccc1. The Morgan fingerprint density at radius 1 is 1.35 bits per heavy atom. The van der Waals surface area contributed by atoms with Crippen LogP contribution in [0.1, 0.15) is 17.4 Å². The van der Waals surface area contributed by atoms with E-state index in [0.29, 0.717) is 6.54 Å². The Bertz CT molecular complexity index is 455. The van der Waals surface area contributed by atoms with Gasteiger partial charge in [-0.3, -0.25) is 4.68 Å². The number of benzene rings is 1. The second-order valence-electron chi connectivity index (χ2n) is 3.83. The van der Waals surface area contributed by atoms with Crippen molar-refractivity contribution in [3.05, 3.63) is 48.0 Å². The molecule has 0 bridgehead atoms. The fraction of sp³-hybridized carbons (Fsp3) is 0.333. The first kappa shape index (κ1) is 11.8. The van der Waals surface area contributed by atoms with E-state index in [0.717, 1.165) is 11.4 Å². The van der Waals surface area contributed by atoms with Gasteiger partial charge in [-0.2, -0.15) is 5.10 Å². The van der Waals surface area contributed by atoms with Crippen molar-refractivity contribution >= 4 is 0 Å². The first-order valence-electron chi connectivity index (χ1n) is 5.53. The van der Waals surface area contributed by atoms with E-state index in [1.807, 2.05) is 37.4 Å². The molecule has 5 heteroatoms. The minimum atomic E-state index is -0.0760. The Labute approximate surface area is 100 Å². The molecule has 0 aliphatic rings. The summed E-state index contributed by atoms with van der Waals surface area (Å²) in [5.74, 6) is 0.847. The minimum absolute atomic E-state index is 0.0574. The topological polar surface area (TPSA) is 63.0 Å². The molecule has 0 amide bonds. The standard InChI is InChI=1S/C12H16N4O/c1-16-12(14-9-15-16)7-13-11(8-17)10-5-3-2-4-6-10/h2-6,9,11,13,17H,7-8H2,1H3. The predicted molar refractivity (Wildman–Crippen MR) is 64.1 cm³/mol. The van der Waals surface area contributed by atoms with E-state index in [2.05, 4.69) is 15.4 Å². The summed E-state index contributed by atoms with van der Waals surface area (Å²) < 4.78 is 1.71. The zero-order valence-corrected chi connectivity index (χ0v) is 9.74. The summed E-state index contributed by atoms with van der Waals surface area (Å²) >= 11 is 0. The number of hydrogen-bond donors (Lipinski definition) is 2. The molecule has 5 nitrogen and oxygen atoms in total. The summed E-state index contributed by atoms with van der Waals surface area (Å²) in [6, 6.07) is 9.78. The van der Waals surface area contributed by atoms with Gasteiger partial charge in [0.05, 0.1) is 19.2 Å². The second-order valence-corrected chi connectivity index (χ2v) is 3.83. The maximum absolute atomic E-state index is 9.37. The Kier molecular flexibility index (Phi) is 3.85. The first-order chi connectivity index (χ1) is 8.31. The summed E-state index contributed by atoms with van der Waals surface area (Å²) in [7, 11) is 1.85. The van der Waals surface area contributed by atoms with Crippen LogP contribution in [0, 0.1) is 0 Å². The van der Waals surface area contributed by atoms with Gasteiger partial charge in [0.15, 0.2) is 0 Å². The Morgan fingerprint density at radius 3 is 2.71 bits per heavy atom. The van der Waals surface area contributed by atoms with Crippen molar-refractivity contribution in [1.29, 1.82) is 0 Å². The molecule has 1 aromatic carbocycles. The van der Waals surface area contributed by atoms with Gasteiger partial charge in [0, 0.05) is 7.05 Å². The van der Waals surface area contributed by atoms with Crippen LogP contribution in [-0.4, -0.2) is 26.5 Å². The predicted octanol–water partition coefficient (Wildman–Crippen LogP) is 0.638. The van der Waals surface area contributed by atoms with Crippen molar-refractivity contribution < 1.29 is 5.11 Å². The lowest BCUT2D eigenvalue weighted by molar-refractivity contribution is 0.242. The van der Waals surface area contributed by atoms with E-state index in [9.17, 15) is 5.11 Å². The number of aliphatic hydroxyl groups excluding tert-OH is 1. The van der Waals surface area contributed by atoms with Gasteiger partial charge >= 0.3 is 0 Å². The molecule has 1 unspecified atom stereocenters. The Balaban J connectivity index is 1.99. The lowest BCUT2D eigenvalue weighted by atomic mass is 10.1. The summed E-state index contributed by atoms with van der Waals surface area (Å²) in [5.41, 5.74) is 1.07. The Hall–Kier alpha value is -1.72. The molecule has 0 aliphatic carbocycles. The third kappa shape index (κ3) is 2.89. The van der Waals surface area contributed by atoms with Crippen LogP contribution in [0.5, 0.6) is 0 Å². The van der Waals surface area contributed by atoms with Gasteiger partial charge in [-0.15, -0.1) is 0 Å². The van der Waals surface area contributed by atoms with Crippen molar-refractivity contribution in [2.45, 2.75) is 12.6 Å². The average molecular weight is 232 g/mol. The fourth-order valence-corrected chi connectivity index (χ4v) is 1.67. The van der Waals surface area contributed by atoms with Gasteiger partial charge in [0.2, 0.25) is 0 Å².